The lowest BCUT2D eigenvalue weighted by Gasteiger charge is -2.08. The van der Waals surface area contributed by atoms with Gasteiger partial charge in [0.25, 0.3) is 0 Å². The molecule has 0 saturated heterocycles. The molecule has 3 N–H and O–H groups in total. The Morgan fingerprint density at radius 2 is 2.05 bits per heavy atom. The van der Waals surface area contributed by atoms with Crippen LogP contribution < -0.4 is 5.73 Å². The first kappa shape index (κ1) is 15.1. The molecule has 0 atom stereocenters. The van der Waals surface area contributed by atoms with Crippen molar-refractivity contribution in [3.63, 3.8) is 0 Å². The molecule has 112 valence electrons. The van der Waals surface area contributed by atoms with Crippen LogP contribution >= 0.6 is 0 Å². The molecule has 0 fully saturated rings. The standard InChI is InChI=1S/C15H19N3O3/c1-3-21-15(20)13-14(16)18(10(2)17-13)12-6-4-11(5-7-12)8-9-19/h4-7,19H,3,8-9,16H2,1-2H3. The predicted molar refractivity (Wildman–Crippen MR) is 79.5 cm³/mol. The molecule has 0 unspecified atom stereocenters. The second kappa shape index (κ2) is 6.41. The summed E-state index contributed by atoms with van der Waals surface area (Å²) in [4.78, 5) is 16.0. The van der Waals surface area contributed by atoms with Gasteiger partial charge in [-0.25, -0.2) is 9.78 Å². The van der Waals surface area contributed by atoms with Gasteiger partial charge in [0, 0.05) is 12.3 Å². The average molecular weight is 289 g/mol. The van der Waals surface area contributed by atoms with Gasteiger partial charge in [-0.2, -0.15) is 0 Å². The van der Waals surface area contributed by atoms with E-state index in [9.17, 15) is 4.79 Å². The number of rotatable bonds is 5. The number of esters is 1. The molecule has 1 aromatic carbocycles. The molecule has 1 aromatic heterocycles. The minimum Gasteiger partial charge on any atom is -0.461 e. The molecule has 2 aromatic rings. The van der Waals surface area contributed by atoms with E-state index in [1.165, 1.54) is 0 Å². The zero-order chi connectivity index (χ0) is 15.4. The van der Waals surface area contributed by atoms with E-state index in [4.69, 9.17) is 15.6 Å². The van der Waals surface area contributed by atoms with Crippen molar-refractivity contribution in [1.82, 2.24) is 9.55 Å². The van der Waals surface area contributed by atoms with E-state index in [0.29, 0.717) is 12.2 Å². The normalized spacial score (nSPS) is 10.6. The topological polar surface area (TPSA) is 90.4 Å². The van der Waals surface area contributed by atoms with Gasteiger partial charge in [0.2, 0.25) is 0 Å². The lowest BCUT2D eigenvalue weighted by Crippen LogP contribution is -2.09. The first-order chi connectivity index (χ1) is 10.1. The second-order valence-electron chi connectivity index (χ2n) is 4.59. The maximum atomic E-state index is 11.8. The molecule has 0 aliphatic heterocycles. The van der Waals surface area contributed by atoms with Crippen LogP contribution in [-0.2, 0) is 11.2 Å². The van der Waals surface area contributed by atoms with Crippen molar-refractivity contribution in [3.8, 4) is 5.69 Å². The minimum absolute atomic E-state index is 0.110. The van der Waals surface area contributed by atoms with Crippen molar-refractivity contribution in [2.45, 2.75) is 20.3 Å². The first-order valence-electron chi connectivity index (χ1n) is 6.80. The number of nitrogen functional groups attached to an aromatic ring is 1. The molecule has 0 spiro atoms. The van der Waals surface area contributed by atoms with E-state index in [-0.39, 0.29) is 24.7 Å². The fourth-order valence-corrected chi connectivity index (χ4v) is 2.17. The number of carbonyl (C=O) groups excluding carboxylic acids is 1. The van der Waals surface area contributed by atoms with E-state index in [2.05, 4.69) is 4.98 Å². The maximum Gasteiger partial charge on any atom is 0.360 e. The van der Waals surface area contributed by atoms with Gasteiger partial charge in [0.1, 0.15) is 11.6 Å². The third kappa shape index (κ3) is 3.05. The summed E-state index contributed by atoms with van der Waals surface area (Å²) >= 11 is 0. The Hall–Kier alpha value is -2.34. The Kier molecular flexibility index (Phi) is 4.59. The molecule has 0 aliphatic rings. The maximum absolute atomic E-state index is 11.8. The highest BCUT2D eigenvalue weighted by Crippen LogP contribution is 2.21. The summed E-state index contributed by atoms with van der Waals surface area (Å²) in [6.45, 7) is 3.90. The zero-order valence-corrected chi connectivity index (χ0v) is 12.2. The number of aliphatic hydroxyl groups excluding tert-OH is 1. The number of aromatic nitrogens is 2. The minimum atomic E-state index is -0.520. The van der Waals surface area contributed by atoms with Crippen molar-refractivity contribution in [2.24, 2.45) is 0 Å². The molecule has 0 radical (unpaired) electrons. The number of carbonyl (C=O) groups is 1. The van der Waals surface area contributed by atoms with Gasteiger partial charge in [0.05, 0.1) is 6.61 Å². The Morgan fingerprint density at radius 3 is 2.62 bits per heavy atom. The lowest BCUT2D eigenvalue weighted by atomic mass is 10.1. The molecule has 1 heterocycles. The Labute approximate surface area is 123 Å². The number of ether oxygens (including phenoxy) is 1. The van der Waals surface area contributed by atoms with E-state index in [0.717, 1.165) is 11.3 Å². The Balaban J connectivity index is 2.37. The van der Waals surface area contributed by atoms with Crippen LogP contribution in [0.5, 0.6) is 0 Å². The van der Waals surface area contributed by atoms with Gasteiger partial charge >= 0.3 is 5.97 Å². The summed E-state index contributed by atoms with van der Waals surface area (Å²) in [6.07, 6.45) is 0.604. The van der Waals surface area contributed by atoms with Crippen LogP contribution in [0.2, 0.25) is 0 Å². The number of nitrogens with zero attached hydrogens (tertiary/aromatic N) is 2. The molecule has 2 rings (SSSR count). The number of benzene rings is 1. The number of nitrogens with two attached hydrogens (primary N) is 1. The van der Waals surface area contributed by atoms with Crippen molar-refractivity contribution < 1.29 is 14.6 Å². The van der Waals surface area contributed by atoms with Gasteiger partial charge in [-0.1, -0.05) is 12.1 Å². The number of hydrogen-bond donors (Lipinski definition) is 2. The van der Waals surface area contributed by atoms with Crippen LogP contribution in [0, 0.1) is 6.92 Å². The fourth-order valence-electron chi connectivity index (χ4n) is 2.17. The van der Waals surface area contributed by atoms with Crippen LogP contribution in [-0.4, -0.2) is 33.8 Å². The van der Waals surface area contributed by atoms with Gasteiger partial charge in [-0.15, -0.1) is 0 Å². The summed E-state index contributed by atoms with van der Waals surface area (Å²) in [6, 6.07) is 7.58. The first-order valence-corrected chi connectivity index (χ1v) is 6.80. The fraction of sp³-hybridized carbons (Fsp3) is 0.333. The zero-order valence-electron chi connectivity index (χ0n) is 12.2. The van der Waals surface area contributed by atoms with Gasteiger partial charge < -0.3 is 15.6 Å². The third-order valence-corrected chi connectivity index (χ3v) is 3.14. The quantitative estimate of drug-likeness (QED) is 0.814. The van der Waals surface area contributed by atoms with E-state index in [1.807, 2.05) is 24.3 Å². The number of aryl methyl sites for hydroxylation is 1. The van der Waals surface area contributed by atoms with Crippen LogP contribution in [0.25, 0.3) is 5.69 Å². The van der Waals surface area contributed by atoms with Gasteiger partial charge in [0.15, 0.2) is 5.69 Å². The summed E-state index contributed by atoms with van der Waals surface area (Å²) in [5.74, 6) is 0.361. The molecular formula is C15H19N3O3. The summed E-state index contributed by atoms with van der Waals surface area (Å²) in [5, 5.41) is 8.92. The van der Waals surface area contributed by atoms with Crippen LogP contribution in [0.3, 0.4) is 0 Å². The highest BCUT2D eigenvalue weighted by atomic mass is 16.5. The largest absolute Gasteiger partial charge is 0.461 e. The summed E-state index contributed by atoms with van der Waals surface area (Å²) in [5.41, 5.74) is 8.00. The molecule has 0 amide bonds. The monoisotopic (exact) mass is 289 g/mol. The lowest BCUT2D eigenvalue weighted by molar-refractivity contribution is 0.0521. The molecule has 0 bridgehead atoms. The summed E-state index contributed by atoms with van der Waals surface area (Å²) < 4.78 is 6.64. The van der Waals surface area contributed by atoms with Crippen LogP contribution in [0.1, 0.15) is 28.8 Å². The van der Waals surface area contributed by atoms with E-state index in [1.54, 1.807) is 18.4 Å². The number of imidazole rings is 1. The molecule has 6 heteroatoms. The van der Waals surface area contributed by atoms with Crippen molar-refractivity contribution in [3.05, 3.63) is 41.3 Å². The van der Waals surface area contributed by atoms with Crippen LogP contribution in [0.15, 0.2) is 24.3 Å². The third-order valence-electron chi connectivity index (χ3n) is 3.14. The molecular weight excluding hydrogens is 270 g/mol. The number of anilines is 1. The highest BCUT2D eigenvalue weighted by Gasteiger charge is 2.20. The van der Waals surface area contributed by atoms with Gasteiger partial charge in [-0.3, -0.25) is 4.57 Å². The van der Waals surface area contributed by atoms with Gasteiger partial charge in [-0.05, 0) is 38.0 Å². The summed E-state index contributed by atoms with van der Waals surface area (Å²) in [7, 11) is 0. The Bertz CT molecular complexity index is 632. The Morgan fingerprint density at radius 1 is 1.38 bits per heavy atom. The molecule has 0 aliphatic carbocycles. The van der Waals surface area contributed by atoms with Crippen molar-refractivity contribution in [1.29, 1.82) is 0 Å². The molecule has 6 nitrogen and oxygen atoms in total. The number of hydrogen-bond acceptors (Lipinski definition) is 5. The highest BCUT2D eigenvalue weighted by molar-refractivity contribution is 5.92. The molecule has 0 saturated carbocycles. The number of aliphatic hydroxyl groups is 1. The smallest absolute Gasteiger partial charge is 0.360 e. The molecule has 21 heavy (non-hydrogen) atoms. The second-order valence-corrected chi connectivity index (χ2v) is 4.59. The van der Waals surface area contributed by atoms with Crippen LogP contribution in [0.4, 0.5) is 5.82 Å². The SMILES string of the molecule is CCOC(=O)c1nc(C)n(-c2ccc(CCO)cc2)c1N. The van der Waals surface area contributed by atoms with E-state index < -0.39 is 5.97 Å². The van der Waals surface area contributed by atoms with Crippen molar-refractivity contribution in [2.75, 3.05) is 18.9 Å². The predicted octanol–water partition coefficient (Wildman–Crippen LogP) is 1.47. The average Bonchev–Trinajstić information content (AvgIpc) is 2.76. The van der Waals surface area contributed by atoms with Crippen molar-refractivity contribution >= 4 is 11.8 Å². The van der Waals surface area contributed by atoms with E-state index >= 15 is 0 Å².